The number of fused-ring (bicyclic) bond motifs is 1. The number of nitrogens with two attached hydrogens (primary N) is 1. The smallest absolute Gasteiger partial charge is 0.744 e. The number of ketones is 1. The summed E-state index contributed by atoms with van der Waals surface area (Å²) >= 11 is 0. The van der Waals surface area contributed by atoms with E-state index in [4.69, 9.17) is 5.73 Å². The number of nitrogens with zero attached hydrogens (tertiary/aromatic N) is 3. The number of azo groups is 1. The maximum Gasteiger partial charge on any atom is 1.00 e. The molecule has 14 nitrogen and oxygen atoms in total. The number of hydrazone groups is 1. The van der Waals surface area contributed by atoms with Gasteiger partial charge in [-0.2, -0.15) is 15.3 Å². The van der Waals surface area contributed by atoms with Gasteiger partial charge in [-0.3, -0.25) is 15.0 Å². The van der Waals surface area contributed by atoms with Crippen LogP contribution < -0.4 is 75.6 Å². The van der Waals surface area contributed by atoms with Gasteiger partial charge in [-0.25, -0.2) is 16.8 Å². The number of nitrogens with one attached hydrogen (secondary N) is 2. The number of nitrogen functional groups attached to an aromatic ring is 1. The zero-order chi connectivity index (χ0) is 32.4. The van der Waals surface area contributed by atoms with E-state index in [1.165, 1.54) is 60.7 Å². The zero-order valence-electron chi connectivity index (χ0n) is 24.7. The third kappa shape index (κ3) is 9.51. The molecule has 0 aliphatic heterocycles. The summed E-state index contributed by atoms with van der Waals surface area (Å²) in [6.45, 7) is 0. The largest absolute Gasteiger partial charge is 1.00 e. The second-order valence-corrected chi connectivity index (χ2v) is 12.2. The molecule has 228 valence electrons. The van der Waals surface area contributed by atoms with Gasteiger partial charge in [0.25, 0.3) is 5.91 Å². The second-order valence-electron chi connectivity index (χ2n) is 9.44. The third-order valence-electron chi connectivity index (χ3n) is 6.28. The maximum atomic E-state index is 13.2. The van der Waals surface area contributed by atoms with E-state index in [0.29, 0.717) is 22.7 Å². The Kier molecular flexibility index (Phi) is 12.6. The first-order valence-corrected chi connectivity index (χ1v) is 15.5. The first-order valence-electron chi connectivity index (χ1n) is 12.7. The molecule has 0 atom stereocenters. The van der Waals surface area contributed by atoms with Gasteiger partial charge in [0.05, 0.1) is 26.9 Å². The minimum Gasteiger partial charge on any atom is -0.744 e. The third-order valence-corrected chi connectivity index (χ3v) is 7.98. The first-order chi connectivity index (χ1) is 21.3. The number of carbonyl (C=O) groups is 2. The number of amides is 1. The normalized spacial score (nSPS) is 13.6. The van der Waals surface area contributed by atoms with Crippen molar-refractivity contribution >= 4 is 72.2 Å². The Morgan fingerprint density at radius 3 is 1.91 bits per heavy atom. The van der Waals surface area contributed by atoms with Crippen LogP contribution in [0.3, 0.4) is 0 Å². The van der Waals surface area contributed by atoms with E-state index in [1.807, 2.05) is 0 Å². The molecule has 0 spiro atoms. The standard InChI is InChI=1S/C29H22N6O8S2.2Na/c30-19-3-1-2-17(14-19)29(37)31-23-10-13-25-18(15-23)16-26(45(41,42)43)27(28(25)36)35-34-21-6-4-20(5-7-21)32-33-22-8-11-24(12-9-22)44(38,39)40;;/h1-16,34H,30H2,(H,31,37)(H,38,39,40)(H,41,42,43);;/q;2*+1/p-2/b33-32?,35-27+;;. The molecule has 0 fully saturated rings. The molecule has 47 heavy (non-hydrogen) atoms. The number of carbonyl (C=O) groups excluding carboxylic acids is 2. The first kappa shape index (κ1) is 37.9. The molecular weight excluding hydrogens is 670 g/mol. The molecule has 0 aromatic heterocycles. The molecule has 5 rings (SSSR count). The molecule has 4 aromatic rings. The van der Waals surface area contributed by atoms with Gasteiger partial charge in [0.2, 0.25) is 5.78 Å². The van der Waals surface area contributed by atoms with Crippen molar-refractivity contribution in [3.05, 3.63) is 113 Å². The van der Waals surface area contributed by atoms with Gasteiger partial charge in [-0.05, 0) is 96.6 Å². The summed E-state index contributed by atoms with van der Waals surface area (Å²) < 4.78 is 69.4. The van der Waals surface area contributed by atoms with Crippen molar-refractivity contribution in [2.24, 2.45) is 15.3 Å². The number of anilines is 3. The van der Waals surface area contributed by atoms with Crippen LogP contribution in [0.5, 0.6) is 0 Å². The fourth-order valence-electron chi connectivity index (χ4n) is 4.11. The van der Waals surface area contributed by atoms with Crippen LogP contribution in [0.2, 0.25) is 0 Å². The molecule has 4 aromatic carbocycles. The Hall–Kier alpha value is -3.55. The van der Waals surface area contributed by atoms with Gasteiger partial charge in [0.1, 0.15) is 25.9 Å². The van der Waals surface area contributed by atoms with Gasteiger partial charge >= 0.3 is 59.1 Å². The number of benzene rings is 4. The van der Waals surface area contributed by atoms with Gasteiger partial charge in [-0.1, -0.05) is 6.07 Å². The van der Waals surface area contributed by atoms with E-state index in [9.17, 15) is 35.5 Å². The molecule has 0 radical (unpaired) electrons. The molecule has 1 amide bonds. The molecule has 0 saturated heterocycles. The van der Waals surface area contributed by atoms with Crippen LogP contribution in [0.15, 0.2) is 116 Å². The maximum absolute atomic E-state index is 13.2. The Labute approximate surface area is 313 Å². The van der Waals surface area contributed by atoms with Gasteiger partial charge in [0, 0.05) is 22.5 Å². The van der Waals surface area contributed by atoms with Gasteiger partial charge < -0.3 is 20.2 Å². The van der Waals surface area contributed by atoms with Crippen molar-refractivity contribution in [1.82, 2.24) is 0 Å². The molecule has 0 unspecified atom stereocenters. The fourth-order valence-corrected chi connectivity index (χ4v) is 5.23. The summed E-state index contributed by atoms with van der Waals surface area (Å²) in [5.74, 6) is -1.32. The molecule has 18 heteroatoms. The van der Waals surface area contributed by atoms with Crippen LogP contribution in [-0.4, -0.2) is 43.3 Å². The Morgan fingerprint density at radius 1 is 0.745 bits per heavy atom. The number of allylic oxidation sites excluding steroid dienone is 1. The minimum absolute atomic E-state index is 0. The van der Waals surface area contributed by atoms with Crippen LogP contribution in [0.1, 0.15) is 26.3 Å². The average molecular weight is 691 g/mol. The molecule has 1 aliphatic carbocycles. The SMILES string of the molecule is Nc1cccc(C(=O)Nc2ccc3c(c2)C=C(S(=O)(=O)[O-])/C(=N\Nc2ccc(N=Nc4ccc(S(=O)(=O)[O-])cc4)cc2)C3=O)c1.[Na+].[Na+]. The van der Waals surface area contributed by atoms with E-state index in [-0.39, 0.29) is 81.5 Å². The number of rotatable bonds is 8. The molecule has 0 bridgehead atoms. The van der Waals surface area contributed by atoms with Crippen LogP contribution in [0.4, 0.5) is 28.4 Å². The molecule has 0 saturated carbocycles. The Bertz CT molecular complexity index is 2160. The van der Waals surface area contributed by atoms with E-state index in [2.05, 4.69) is 26.1 Å². The van der Waals surface area contributed by atoms with Gasteiger partial charge in [-0.15, -0.1) is 0 Å². The van der Waals surface area contributed by atoms with E-state index < -0.39 is 47.4 Å². The number of hydrogen-bond donors (Lipinski definition) is 3. The Morgan fingerprint density at radius 2 is 1.34 bits per heavy atom. The van der Waals surface area contributed by atoms with Crippen LogP contribution in [0, 0.1) is 0 Å². The van der Waals surface area contributed by atoms with Crippen molar-refractivity contribution in [2.45, 2.75) is 4.90 Å². The molecule has 1 aliphatic rings. The van der Waals surface area contributed by atoms with Gasteiger partial charge in [0.15, 0.2) is 0 Å². The molecule has 4 N–H and O–H groups in total. The summed E-state index contributed by atoms with van der Waals surface area (Å²) in [5.41, 5.74) is 9.70. The Balaban J connectivity index is 0.00000300. The average Bonchev–Trinajstić information content (AvgIpc) is 2.99. The van der Waals surface area contributed by atoms with Crippen LogP contribution >= 0.6 is 0 Å². The van der Waals surface area contributed by atoms with Crippen molar-refractivity contribution in [1.29, 1.82) is 0 Å². The van der Waals surface area contributed by atoms with Crippen molar-refractivity contribution in [2.75, 3.05) is 16.5 Å². The van der Waals surface area contributed by atoms with Crippen molar-refractivity contribution in [3.63, 3.8) is 0 Å². The number of hydrogen-bond acceptors (Lipinski definition) is 13. The summed E-state index contributed by atoms with van der Waals surface area (Å²) in [4.78, 5) is 24.6. The van der Waals surface area contributed by atoms with E-state index in [0.717, 1.165) is 18.2 Å². The van der Waals surface area contributed by atoms with Crippen LogP contribution in [0.25, 0.3) is 6.08 Å². The van der Waals surface area contributed by atoms with E-state index >= 15 is 0 Å². The fraction of sp³-hybridized carbons (Fsp3) is 0. The summed E-state index contributed by atoms with van der Waals surface area (Å²) in [6, 6.07) is 21.3. The van der Waals surface area contributed by atoms with Crippen molar-refractivity contribution < 1.29 is 94.6 Å². The quantitative estimate of drug-likeness (QED) is 0.0629. The van der Waals surface area contributed by atoms with Crippen LogP contribution in [-0.2, 0) is 20.2 Å². The summed E-state index contributed by atoms with van der Waals surface area (Å²) in [6.07, 6.45) is 1.01. The summed E-state index contributed by atoms with van der Waals surface area (Å²) in [5, 5.41) is 14.5. The second kappa shape index (κ2) is 15.6. The van der Waals surface area contributed by atoms with E-state index in [1.54, 1.807) is 18.2 Å². The number of Topliss-reactive ketones (excluding diaryl/α,β-unsaturated/α-hetero) is 1. The zero-order valence-corrected chi connectivity index (χ0v) is 30.4. The summed E-state index contributed by atoms with van der Waals surface area (Å²) in [7, 11) is -9.73. The predicted molar refractivity (Wildman–Crippen MR) is 163 cm³/mol. The minimum atomic E-state index is -5.15. The topological polar surface area (TPSA) is 236 Å². The predicted octanol–water partition coefficient (Wildman–Crippen LogP) is -1.60. The molecule has 0 heterocycles. The van der Waals surface area contributed by atoms with Crippen molar-refractivity contribution in [3.8, 4) is 0 Å². The monoisotopic (exact) mass is 690 g/mol. The molecular formula is C29H20N6Na2O8S2.